The quantitative estimate of drug-likeness (QED) is 0.583. The molecule has 0 unspecified atom stereocenters. The Morgan fingerprint density at radius 1 is 1.14 bits per heavy atom. The molecule has 2 N–H and O–H groups in total. The van der Waals surface area contributed by atoms with Gasteiger partial charge in [-0.25, -0.2) is 0 Å². The van der Waals surface area contributed by atoms with Crippen LogP contribution in [0, 0.1) is 11.8 Å². The molecular formula is C12H26N2. The van der Waals surface area contributed by atoms with Gasteiger partial charge >= 0.3 is 0 Å². The molecule has 0 saturated heterocycles. The first kappa shape index (κ1) is 12.0. The second kappa shape index (κ2) is 7.24. The molecule has 1 aliphatic rings. The van der Waals surface area contributed by atoms with Gasteiger partial charge in [0.25, 0.3) is 0 Å². The van der Waals surface area contributed by atoms with Crippen molar-refractivity contribution in [2.75, 3.05) is 26.2 Å². The van der Waals surface area contributed by atoms with E-state index in [9.17, 15) is 0 Å². The number of hydrogen-bond acceptors (Lipinski definition) is 2. The fraction of sp³-hybridized carbons (Fsp3) is 1.00. The summed E-state index contributed by atoms with van der Waals surface area (Å²) in [5, 5.41) is 7.00. The van der Waals surface area contributed by atoms with Gasteiger partial charge in [0.15, 0.2) is 0 Å². The van der Waals surface area contributed by atoms with Crippen molar-refractivity contribution in [2.45, 2.75) is 39.5 Å². The van der Waals surface area contributed by atoms with Gasteiger partial charge in [0.05, 0.1) is 0 Å². The minimum Gasteiger partial charge on any atom is -0.316 e. The van der Waals surface area contributed by atoms with Crippen molar-refractivity contribution in [2.24, 2.45) is 11.8 Å². The molecule has 0 aromatic carbocycles. The first-order chi connectivity index (χ1) is 6.79. The molecule has 0 spiro atoms. The summed E-state index contributed by atoms with van der Waals surface area (Å²) >= 11 is 0. The van der Waals surface area contributed by atoms with E-state index in [1.807, 2.05) is 0 Å². The minimum atomic E-state index is 0.776. The first-order valence-corrected chi connectivity index (χ1v) is 6.20. The topological polar surface area (TPSA) is 24.1 Å². The van der Waals surface area contributed by atoms with Gasteiger partial charge in [0.2, 0.25) is 0 Å². The van der Waals surface area contributed by atoms with Crippen molar-refractivity contribution in [3.63, 3.8) is 0 Å². The molecule has 0 aromatic rings. The van der Waals surface area contributed by atoms with Crippen LogP contribution in [-0.2, 0) is 0 Å². The number of nitrogens with one attached hydrogen (secondary N) is 2. The van der Waals surface area contributed by atoms with E-state index in [1.54, 1.807) is 0 Å². The van der Waals surface area contributed by atoms with Crippen molar-refractivity contribution in [1.29, 1.82) is 0 Å². The fourth-order valence-electron chi connectivity index (χ4n) is 1.73. The van der Waals surface area contributed by atoms with Crippen molar-refractivity contribution < 1.29 is 0 Å². The zero-order chi connectivity index (χ0) is 10.2. The van der Waals surface area contributed by atoms with E-state index in [-0.39, 0.29) is 0 Å². The summed E-state index contributed by atoms with van der Waals surface area (Å²) in [4.78, 5) is 0. The van der Waals surface area contributed by atoms with E-state index in [0.717, 1.165) is 24.9 Å². The summed E-state index contributed by atoms with van der Waals surface area (Å²) < 4.78 is 0. The predicted molar refractivity (Wildman–Crippen MR) is 62.5 cm³/mol. The molecule has 0 atom stereocenters. The molecule has 1 aliphatic carbocycles. The Morgan fingerprint density at radius 3 is 2.43 bits per heavy atom. The second-order valence-electron chi connectivity index (χ2n) is 4.95. The summed E-state index contributed by atoms with van der Waals surface area (Å²) in [5.41, 5.74) is 0. The summed E-state index contributed by atoms with van der Waals surface area (Å²) in [6.07, 6.45) is 5.64. The van der Waals surface area contributed by atoms with Crippen LogP contribution < -0.4 is 10.6 Å². The molecule has 2 heteroatoms. The third kappa shape index (κ3) is 5.61. The summed E-state index contributed by atoms with van der Waals surface area (Å²) in [6, 6.07) is 0. The molecule has 1 saturated carbocycles. The van der Waals surface area contributed by atoms with Crippen LogP contribution in [0.1, 0.15) is 39.5 Å². The van der Waals surface area contributed by atoms with E-state index in [4.69, 9.17) is 0 Å². The molecule has 0 heterocycles. The summed E-state index contributed by atoms with van der Waals surface area (Å²) in [6.45, 7) is 9.26. The van der Waals surface area contributed by atoms with Gasteiger partial charge in [-0.1, -0.05) is 20.3 Å². The van der Waals surface area contributed by atoms with Crippen LogP contribution in [0.25, 0.3) is 0 Å². The summed E-state index contributed by atoms with van der Waals surface area (Å²) in [5.74, 6) is 1.77. The molecule has 0 aliphatic heterocycles. The van der Waals surface area contributed by atoms with Gasteiger partial charge in [0.1, 0.15) is 0 Å². The third-order valence-corrected chi connectivity index (χ3v) is 2.92. The lowest BCUT2D eigenvalue weighted by Gasteiger charge is -2.25. The van der Waals surface area contributed by atoms with Crippen LogP contribution in [0.15, 0.2) is 0 Å². The molecule has 14 heavy (non-hydrogen) atoms. The van der Waals surface area contributed by atoms with E-state index < -0.39 is 0 Å². The van der Waals surface area contributed by atoms with Gasteiger partial charge in [-0.2, -0.15) is 0 Å². The van der Waals surface area contributed by atoms with E-state index >= 15 is 0 Å². The van der Waals surface area contributed by atoms with Gasteiger partial charge in [-0.15, -0.1) is 0 Å². The minimum absolute atomic E-state index is 0.776. The third-order valence-electron chi connectivity index (χ3n) is 2.92. The van der Waals surface area contributed by atoms with Gasteiger partial charge < -0.3 is 10.6 Å². The molecular weight excluding hydrogens is 172 g/mol. The molecule has 1 fully saturated rings. The number of rotatable bonds is 8. The maximum absolute atomic E-state index is 3.54. The Bertz CT molecular complexity index is 130. The van der Waals surface area contributed by atoms with Crippen LogP contribution >= 0.6 is 0 Å². The van der Waals surface area contributed by atoms with Crippen LogP contribution in [0.3, 0.4) is 0 Å². The van der Waals surface area contributed by atoms with Crippen LogP contribution in [-0.4, -0.2) is 26.2 Å². The molecule has 0 aromatic heterocycles. The zero-order valence-corrected chi connectivity index (χ0v) is 9.81. The molecule has 1 rings (SSSR count). The van der Waals surface area contributed by atoms with Gasteiger partial charge in [-0.05, 0) is 57.3 Å². The van der Waals surface area contributed by atoms with E-state index in [1.165, 1.54) is 38.8 Å². The maximum Gasteiger partial charge on any atom is -0.00205 e. The highest BCUT2D eigenvalue weighted by molar-refractivity contribution is 4.71. The lowest BCUT2D eigenvalue weighted by atomic mass is 9.85. The predicted octanol–water partition coefficient (Wildman–Crippen LogP) is 2.01. The highest BCUT2D eigenvalue weighted by Crippen LogP contribution is 2.24. The Kier molecular flexibility index (Phi) is 6.20. The normalized spacial score (nSPS) is 17.4. The maximum atomic E-state index is 3.54. The van der Waals surface area contributed by atoms with Crippen molar-refractivity contribution in [3.05, 3.63) is 0 Å². The van der Waals surface area contributed by atoms with E-state index in [2.05, 4.69) is 24.5 Å². The first-order valence-electron chi connectivity index (χ1n) is 6.20. The van der Waals surface area contributed by atoms with Crippen molar-refractivity contribution in [1.82, 2.24) is 10.6 Å². The Hall–Kier alpha value is -0.0800. The molecule has 84 valence electrons. The van der Waals surface area contributed by atoms with E-state index in [0.29, 0.717) is 0 Å². The molecule has 0 radical (unpaired) electrons. The SMILES string of the molecule is CC(C)CNCCCNCC1CCC1. The molecule has 0 amide bonds. The zero-order valence-electron chi connectivity index (χ0n) is 9.81. The highest BCUT2D eigenvalue weighted by atomic mass is 14.9. The van der Waals surface area contributed by atoms with Gasteiger partial charge in [-0.3, -0.25) is 0 Å². The highest BCUT2D eigenvalue weighted by Gasteiger charge is 2.15. The van der Waals surface area contributed by atoms with Crippen LogP contribution in [0.2, 0.25) is 0 Å². The lowest BCUT2D eigenvalue weighted by Crippen LogP contribution is -2.30. The largest absolute Gasteiger partial charge is 0.316 e. The standard InChI is InChI=1S/C12H26N2/c1-11(2)9-13-7-4-8-14-10-12-5-3-6-12/h11-14H,3-10H2,1-2H3. The summed E-state index contributed by atoms with van der Waals surface area (Å²) in [7, 11) is 0. The van der Waals surface area contributed by atoms with Crippen LogP contribution in [0.4, 0.5) is 0 Å². The monoisotopic (exact) mass is 198 g/mol. The van der Waals surface area contributed by atoms with Gasteiger partial charge in [0, 0.05) is 0 Å². The Morgan fingerprint density at radius 2 is 1.86 bits per heavy atom. The fourth-order valence-corrected chi connectivity index (χ4v) is 1.73. The smallest absolute Gasteiger partial charge is 0.00205 e. The second-order valence-corrected chi connectivity index (χ2v) is 4.95. The average Bonchev–Trinajstić information content (AvgIpc) is 2.06. The lowest BCUT2D eigenvalue weighted by molar-refractivity contribution is 0.301. The number of hydrogen-bond donors (Lipinski definition) is 2. The average molecular weight is 198 g/mol. The van der Waals surface area contributed by atoms with Crippen molar-refractivity contribution in [3.8, 4) is 0 Å². The molecule has 2 nitrogen and oxygen atoms in total. The van der Waals surface area contributed by atoms with Crippen molar-refractivity contribution >= 4 is 0 Å². The molecule has 0 bridgehead atoms. The Balaban J connectivity index is 1.71. The Labute approximate surface area is 88.8 Å². The van der Waals surface area contributed by atoms with Crippen LogP contribution in [0.5, 0.6) is 0 Å².